The Morgan fingerprint density at radius 2 is 1.94 bits per heavy atom. The average molecular weight is 510 g/mol. The first kappa shape index (κ1) is 21.9. The topological polar surface area (TPSA) is 95.6 Å². The molecule has 0 aromatic heterocycles. The zero-order valence-electron chi connectivity index (χ0n) is 16.5. The second kappa shape index (κ2) is 8.68. The number of hydrogen-bond acceptors (Lipinski definition) is 4. The fourth-order valence-electron chi connectivity index (χ4n) is 3.51. The molecule has 0 bridgehead atoms. The molecule has 0 radical (unpaired) electrons. The van der Waals surface area contributed by atoms with Gasteiger partial charge >= 0.3 is 0 Å². The summed E-state index contributed by atoms with van der Waals surface area (Å²) in [6.45, 7) is 0.435. The highest BCUT2D eigenvalue weighted by Crippen LogP contribution is 2.37. The number of sulfonamides is 1. The van der Waals surface area contributed by atoms with Crippen molar-refractivity contribution in [2.24, 2.45) is 5.92 Å². The molecular weight excluding hydrogens is 489 g/mol. The second-order valence-corrected chi connectivity index (χ2v) is 10.3. The predicted octanol–water partition coefficient (Wildman–Crippen LogP) is 3.19. The normalized spacial score (nSPS) is 15.6. The third-order valence-electron chi connectivity index (χ3n) is 5.30. The van der Waals surface area contributed by atoms with Crippen molar-refractivity contribution in [1.29, 1.82) is 0 Å². The van der Waals surface area contributed by atoms with Crippen LogP contribution in [0.1, 0.15) is 24.8 Å². The number of fused-ring (bicyclic) bond motifs is 1. The number of hydrogen-bond donors (Lipinski definition) is 2. The Balaban J connectivity index is 1.35. The number of halogens is 2. The monoisotopic (exact) mass is 509 g/mol. The average Bonchev–Trinajstić information content (AvgIpc) is 3.48. The van der Waals surface area contributed by atoms with E-state index in [2.05, 4.69) is 26.0 Å². The second-order valence-electron chi connectivity index (χ2n) is 7.62. The molecule has 2 amide bonds. The lowest BCUT2D eigenvalue weighted by molar-refractivity contribution is -0.119. The number of amides is 2. The van der Waals surface area contributed by atoms with E-state index in [0.717, 1.165) is 24.1 Å². The maximum atomic E-state index is 13.8. The van der Waals surface area contributed by atoms with Gasteiger partial charge in [0, 0.05) is 35.6 Å². The number of anilines is 2. The molecule has 0 saturated heterocycles. The van der Waals surface area contributed by atoms with Crippen LogP contribution in [0.5, 0.6) is 0 Å². The summed E-state index contributed by atoms with van der Waals surface area (Å²) < 4.78 is 42.0. The summed E-state index contributed by atoms with van der Waals surface area (Å²) in [5.74, 6) is -0.878. The van der Waals surface area contributed by atoms with Crippen LogP contribution >= 0.6 is 15.9 Å². The lowest BCUT2D eigenvalue weighted by Crippen LogP contribution is -2.30. The quantitative estimate of drug-likeness (QED) is 0.598. The summed E-state index contributed by atoms with van der Waals surface area (Å²) in [7, 11) is -3.82. The summed E-state index contributed by atoms with van der Waals surface area (Å²) in [4.78, 5) is 26.2. The van der Waals surface area contributed by atoms with Crippen molar-refractivity contribution in [2.75, 3.05) is 23.3 Å². The number of rotatable bonds is 7. The van der Waals surface area contributed by atoms with Gasteiger partial charge in [0.05, 0.1) is 10.6 Å². The first-order valence-electron chi connectivity index (χ1n) is 9.93. The number of carbonyl (C=O) groups excluding carboxylic acids is 2. The largest absolute Gasteiger partial charge is 0.324 e. The van der Waals surface area contributed by atoms with Gasteiger partial charge < -0.3 is 10.2 Å². The van der Waals surface area contributed by atoms with E-state index in [-0.39, 0.29) is 35.4 Å². The van der Waals surface area contributed by atoms with Gasteiger partial charge in [0.25, 0.3) is 0 Å². The number of nitrogens with zero attached hydrogens (tertiary/aromatic N) is 1. The lowest BCUT2D eigenvalue weighted by Gasteiger charge is -2.17. The van der Waals surface area contributed by atoms with E-state index in [1.54, 1.807) is 23.1 Å². The van der Waals surface area contributed by atoms with Crippen molar-refractivity contribution in [3.63, 3.8) is 0 Å². The van der Waals surface area contributed by atoms with E-state index in [1.165, 1.54) is 18.2 Å². The van der Waals surface area contributed by atoms with Crippen LogP contribution in [0.2, 0.25) is 0 Å². The Morgan fingerprint density at radius 1 is 1.16 bits per heavy atom. The number of carbonyl (C=O) groups is 2. The first-order valence-corrected chi connectivity index (χ1v) is 12.2. The van der Waals surface area contributed by atoms with E-state index < -0.39 is 21.7 Å². The smallest absolute Gasteiger partial charge is 0.240 e. The van der Waals surface area contributed by atoms with Crippen molar-refractivity contribution < 1.29 is 22.4 Å². The molecule has 1 aliphatic heterocycles. The molecule has 31 heavy (non-hydrogen) atoms. The predicted molar refractivity (Wildman–Crippen MR) is 118 cm³/mol. The Bertz CT molecular complexity index is 1150. The van der Waals surface area contributed by atoms with Crippen LogP contribution in [0, 0.1) is 11.7 Å². The van der Waals surface area contributed by atoms with Crippen LogP contribution in [0.4, 0.5) is 15.8 Å². The Labute approximate surface area is 188 Å². The van der Waals surface area contributed by atoms with E-state index in [4.69, 9.17) is 0 Å². The van der Waals surface area contributed by atoms with E-state index >= 15 is 0 Å². The Morgan fingerprint density at radius 3 is 2.65 bits per heavy atom. The molecule has 1 heterocycles. The standard InChI is InChI=1S/C21H21BrFN3O4S/c22-15-3-5-18(17(23)12-15)25-20(27)7-9-24-31(29,30)16-4-6-19-14(11-16)8-10-26(19)21(28)13-1-2-13/h3-6,11-13,24H,1-2,7-10H2,(H,25,27). The zero-order chi connectivity index (χ0) is 22.2. The Kier molecular flexibility index (Phi) is 6.14. The molecule has 4 rings (SSSR count). The van der Waals surface area contributed by atoms with Crippen LogP contribution in [0.25, 0.3) is 0 Å². The van der Waals surface area contributed by atoms with Crippen LogP contribution < -0.4 is 14.9 Å². The molecule has 2 aromatic carbocycles. The van der Waals surface area contributed by atoms with Crippen molar-refractivity contribution in [2.45, 2.75) is 30.6 Å². The molecule has 164 valence electrons. The van der Waals surface area contributed by atoms with Gasteiger partial charge in [-0.1, -0.05) is 15.9 Å². The number of nitrogens with one attached hydrogen (secondary N) is 2. The van der Waals surface area contributed by atoms with Gasteiger partial charge in [0.15, 0.2) is 0 Å². The fraction of sp³-hybridized carbons (Fsp3) is 0.333. The molecule has 2 aromatic rings. The van der Waals surface area contributed by atoms with Gasteiger partial charge in [-0.2, -0.15) is 0 Å². The van der Waals surface area contributed by atoms with Crippen molar-refractivity contribution in [1.82, 2.24) is 4.72 Å². The molecule has 0 spiro atoms. The maximum absolute atomic E-state index is 13.8. The van der Waals surface area contributed by atoms with E-state index in [1.807, 2.05) is 0 Å². The molecule has 10 heteroatoms. The van der Waals surface area contributed by atoms with Crippen LogP contribution in [0.3, 0.4) is 0 Å². The van der Waals surface area contributed by atoms with Gasteiger partial charge in [-0.15, -0.1) is 0 Å². The van der Waals surface area contributed by atoms with Crippen molar-refractivity contribution >= 4 is 49.1 Å². The fourth-order valence-corrected chi connectivity index (χ4v) is 4.93. The number of benzene rings is 2. The van der Waals surface area contributed by atoms with E-state index in [0.29, 0.717) is 17.4 Å². The minimum Gasteiger partial charge on any atom is -0.324 e. The van der Waals surface area contributed by atoms with Gasteiger partial charge in [0.1, 0.15) is 5.82 Å². The summed E-state index contributed by atoms with van der Waals surface area (Å²) in [6, 6.07) is 8.95. The molecule has 0 atom stereocenters. The first-order chi connectivity index (χ1) is 14.7. The van der Waals surface area contributed by atoms with Crippen molar-refractivity contribution in [3.05, 3.63) is 52.3 Å². The molecule has 2 N–H and O–H groups in total. The third kappa shape index (κ3) is 4.97. The summed E-state index contributed by atoms with van der Waals surface area (Å²) in [5.41, 5.74) is 1.62. The van der Waals surface area contributed by atoms with Crippen molar-refractivity contribution in [3.8, 4) is 0 Å². The summed E-state index contributed by atoms with van der Waals surface area (Å²) in [5, 5.41) is 2.42. The van der Waals surface area contributed by atoms with Gasteiger partial charge in [-0.25, -0.2) is 17.5 Å². The minimum absolute atomic E-state index is 0.0278. The van der Waals surface area contributed by atoms with Gasteiger partial charge in [0.2, 0.25) is 21.8 Å². The molecular formula is C21H21BrFN3O4S. The molecule has 7 nitrogen and oxygen atoms in total. The zero-order valence-corrected chi connectivity index (χ0v) is 18.9. The highest BCUT2D eigenvalue weighted by atomic mass is 79.9. The highest BCUT2D eigenvalue weighted by Gasteiger charge is 2.36. The van der Waals surface area contributed by atoms with E-state index in [9.17, 15) is 22.4 Å². The van der Waals surface area contributed by atoms with Crippen LogP contribution in [-0.4, -0.2) is 33.3 Å². The molecule has 2 aliphatic rings. The van der Waals surface area contributed by atoms with Gasteiger partial charge in [-0.05, 0) is 61.2 Å². The lowest BCUT2D eigenvalue weighted by atomic mass is 10.2. The summed E-state index contributed by atoms with van der Waals surface area (Å²) in [6.07, 6.45) is 2.30. The minimum atomic E-state index is -3.82. The highest BCUT2D eigenvalue weighted by molar-refractivity contribution is 9.10. The Hall–Kier alpha value is -2.30. The molecule has 1 aliphatic carbocycles. The van der Waals surface area contributed by atoms with Crippen LogP contribution in [0.15, 0.2) is 45.8 Å². The molecule has 1 saturated carbocycles. The maximum Gasteiger partial charge on any atom is 0.240 e. The van der Waals surface area contributed by atoms with Crippen LogP contribution in [-0.2, 0) is 26.0 Å². The molecule has 0 unspecified atom stereocenters. The summed E-state index contributed by atoms with van der Waals surface area (Å²) >= 11 is 3.14. The SMILES string of the molecule is O=C(CCNS(=O)(=O)c1ccc2c(c1)CCN2C(=O)C1CC1)Nc1ccc(Br)cc1F. The van der Waals surface area contributed by atoms with Gasteiger partial charge in [-0.3, -0.25) is 9.59 Å². The third-order valence-corrected chi connectivity index (χ3v) is 7.25. The molecule has 1 fully saturated rings.